The highest BCUT2D eigenvalue weighted by atomic mass is 16.5. The third-order valence-electron chi connectivity index (χ3n) is 5.77. The topological polar surface area (TPSA) is 26.3 Å². The second-order valence-electron chi connectivity index (χ2n) is 10.5. The molecule has 33 heavy (non-hydrogen) atoms. The summed E-state index contributed by atoms with van der Waals surface area (Å²) in [4.78, 5) is 12.1. The van der Waals surface area contributed by atoms with E-state index >= 15 is 0 Å². The molecule has 0 aliphatic heterocycles. The summed E-state index contributed by atoms with van der Waals surface area (Å²) in [7, 11) is 0. The molecule has 2 nitrogen and oxygen atoms in total. The van der Waals surface area contributed by atoms with Crippen LogP contribution in [0.5, 0.6) is 0 Å². The molecule has 0 fully saturated rings. The van der Waals surface area contributed by atoms with Gasteiger partial charge in [0.05, 0.1) is 6.61 Å². The first-order valence-electron chi connectivity index (χ1n) is 11.7. The fourth-order valence-electron chi connectivity index (χ4n) is 4.16. The average molecular weight is 441 g/mol. The number of hydrogen-bond donors (Lipinski definition) is 0. The Morgan fingerprint density at radius 1 is 0.788 bits per heavy atom. The predicted octanol–water partition coefficient (Wildman–Crippen LogP) is 8.19. The Bertz CT molecular complexity index is 1120. The van der Waals surface area contributed by atoms with Crippen molar-refractivity contribution in [3.8, 4) is 22.3 Å². The standard InChI is InChI=1S/C31H36O2/c1-8-33-28(32)19-16-24-20-25(22-14-17-26(18-15-22)30(2,3)4)21-27(29(24)31(5,6)7)23-12-10-9-11-13-23/h9-21H,8H2,1-7H3. The Morgan fingerprint density at radius 3 is 1.97 bits per heavy atom. The first kappa shape index (κ1) is 24.5. The summed E-state index contributed by atoms with van der Waals surface area (Å²) < 4.78 is 5.14. The molecule has 0 N–H and O–H groups in total. The molecule has 3 aromatic carbocycles. The maximum Gasteiger partial charge on any atom is 0.330 e. The largest absolute Gasteiger partial charge is 0.463 e. The number of rotatable bonds is 5. The van der Waals surface area contributed by atoms with Crippen LogP contribution in [0, 0.1) is 0 Å². The van der Waals surface area contributed by atoms with Crippen molar-refractivity contribution in [2.45, 2.75) is 59.3 Å². The zero-order valence-corrected chi connectivity index (χ0v) is 21.0. The van der Waals surface area contributed by atoms with Crippen molar-refractivity contribution in [1.29, 1.82) is 0 Å². The van der Waals surface area contributed by atoms with Gasteiger partial charge in [0.15, 0.2) is 0 Å². The third kappa shape index (κ3) is 6.01. The van der Waals surface area contributed by atoms with Crippen molar-refractivity contribution < 1.29 is 9.53 Å². The summed E-state index contributed by atoms with van der Waals surface area (Å²) in [5.41, 5.74) is 8.19. The molecule has 0 aliphatic rings. The van der Waals surface area contributed by atoms with E-state index in [1.54, 1.807) is 0 Å². The monoisotopic (exact) mass is 440 g/mol. The quantitative estimate of drug-likeness (QED) is 0.295. The molecular formula is C31H36O2. The number of ether oxygens (including phenoxy) is 1. The fourth-order valence-corrected chi connectivity index (χ4v) is 4.16. The zero-order valence-electron chi connectivity index (χ0n) is 21.0. The van der Waals surface area contributed by atoms with Crippen LogP contribution in [0.1, 0.15) is 65.2 Å². The highest BCUT2D eigenvalue weighted by Crippen LogP contribution is 2.40. The molecule has 0 amide bonds. The summed E-state index contributed by atoms with van der Waals surface area (Å²) in [6, 6.07) is 23.8. The van der Waals surface area contributed by atoms with Crippen LogP contribution >= 0.6 is 0 Å². The lowest BCUT2D eigenvalue weighted by atomic mass is 9.77. The van der Waals surface area contributed by atoms with Gasteiger partial charge in [-0.15, -0.1) is 0 Å². The Balaban J connectivity index is 2.25. The van der Waals surface area contributed by atoms with E-state index in [1.165, 1.54) is 28.3 Å². The van der Waals surface area contributed by atoms with Crippen molar-refractivity contribution in [3.05, 3.63) is 89.5 Å². The summed E-state index contributed by atoms with van der Waals surface area (Å²) in [6.45, 7) is 15.5. The normalized spacial score (nSPS) is 12.2. The molecule has 0 bridgehead atoms. The van der Waals surface area contributed by atoms with Crippen LogP contribution in [0.15, 0.2) is 72.8 Å². The average Bonchev–Trinajstić information content (AvgIpc) is 2.76. The van der Waals surface area contributed by atoms with Crippen LogP contribution < -0.4 is 0 Å². The first-order chi connectivity index (χ1) is 15.5. The second kappa shape index (κ2) is 9.79. The Hall–Kier alpha value is -3.13. The van der Waals surface area contributed by atoms with Gasteiger partial charge < -0.3 is 4.74 Å². The van der Waals surface area contributed by atoms with Gasteiger partial charge in [-0.2, -0.15) is 0 Å². The van der Waals surface area contributed by atoms with Crippen LogP contribution in [-0.2, 0) is 20.4 Å². The van der Waals surface area contributed by atoms with Gasteiger partial charge in [-0.1, -0.05) is 96.1 Å². The highest BCUT2D eigenvalue weighted by molar-refractivity contribution is 5.89. The van der Waals surface area contributed by atoms with Gasteiger partial charge in [-0.25, -0.2) is 4.79 Å². The molecule has 0 saturated carbocycles. The van der Waals surface area contributed by atoms with E-state index in [0.29, 0.717) is 6.61 Å². The molecule has 0 atom stereocenters. The summed E-state index contributed by atoms with van der Waals surface area (Å²) in [6.07, 6.45) is 3.44. The Morgan fingerprint density at radius 2 is 1.42 bits per heavy atom. The van der Waals surface area contributed by atoms with Crippen molar-refractivity contribution in [3.63, 3.8) is 0 Å². The van der Waals surface area contributed by atoms with Gasteiger partial charge in [-0.05, 0) is 74.9 Å². The van der Waals surface area contributed by atoms with Gasteiger partial charge in [0.1, 0.15) is 0 Å². The highest BCUT2D eigenvalue weighted by Gasteiger charge is 2.23. The van der Waals surface area contributed by atoms with Crippen molar-refractivity contribution in [2.75, 3.05) is 6.61 Å². The molecule has 0 spiro atoms. The van der Waals surface area contributed by atoms with Crippen LogP contribution in [0.4, 0.5) is 0 Å². The first-order valence-corrected chi connectivity index (χ1v) is 11.7. The molecule has 0 aromatic heterocycles. The maximum atomic E-state index is 12.1. The van der Waals surface area contributed by atoms with Crippen LogP contribution in [-0.4, -0.2) is 12.6 Å². The lowest BCUT2D eigenvalue weighted by molar-refractivity contribution is -0.137. The van der Waals surface area contributed by atoms with Crippen LogP contribution in [0.2, 0.25) is 0 Å². The number of benzene rings is 3. The smallest absolute Gasteiger partial charge is 0.330 e. The molecule has 3 aromatic rings. The molecule has 0 unspecified atom stereocenters. The molecule has 0 aliphatic carbocycles. The summed E-state index contributed by atoms with van der Waals surface area (Å²) in [5, 5.41) is 0. The van der Waals surface area contributed by atoms with E-state index in [0.717, 1.165) is 16.7 Å². The van der Waals surface area contributed by atoms with Crippen molar-refractivity contribution in [2.24, 2.45) is 0 Å². The SMILES string of the molecule is CCOC(=O)C=Cc1cc(-c2ccc(C(C)(C)C)cc2)cc(-c2ccccc2)c1C(C)(C)C. The van der Waals surface area contributed by atoms with E-state index in [9.17, 15) is 4.79 Å². The van der Waals surface area contributed by atoms with Gasteiger partial charge >= 0.3 is 5.97 Å². The summed E-state index contributed by atoms with van der Waals surface area (Å²) in [5.74, 6) is -0.321. The van der Waals surface area contributed by atoms with E-state index in [-0.39, 0.29) is 16.8 Å². The lowest BCUT2D eigenvalue weighted by Crippen LogP contribution is -2.15. The summed E-state index contributed by atoms with van der Waals surface area (Å²) >= 11 is 0. The fraction of sp³-hybridized carbons (Fsp3) is 0.323. The Kier molecular flexibility index (Phi) is 7.27. The van der Waals surface area contributed by atoms with Crippen LogP contribution in [0.25, 0.3) is 28.3 Å². The molecule has 0 saturated heterocycles. The predicted molar refractivity (Wildman–Crippen MR) is 140 cm³/mol. The maximum absolute atomic E-state index is 12.1. The minimum Gasteiger partial charge on any atom is -0.463 e. The van der Waals surface area contributed by atoms with Crippen molar-refractivity contribution >= 4 is 12.0 Å². The number of carbonyl (C=O) groups excluding carboxylic acids is 1. The Labute approximate surface area is 199 Å². The van der Waals surface area contributed by atoms with E-state index in [2.05, 4.69) is 102 Å². The molecule has 172 valence electrons. The molecule has 2 heteroatoms. The van der Waals surface area contributed by atoms with E-state index < -0.39 is 0 Å². The molecular weight excluding hydrogens is 404 g/mol. The van der Waals surface area contributed by atoms with Crippen molar-refractivity contribution in [1.82, 2.24) is 0 Å². The number of esters is 1. The minimum atomic E-state index is -0.321. The van der Waals surface area contributed by atoms with Gasteiger partial charge in [0.25, 0.3) is 0 Å². The van der Waals surface area contributed by atoms with E-state index in [4.69, 9.17) is 4.74 Å². The molecule has 0 heterocycles. The number of hydrogen-bond acceptors (Lipinski definition) is 2. The molecule has 0 radical (unpaired) electrons. The molecule has 3 rings (SSSR count). The van der Waals surface area contributed by atoms with Gasteiger partial charge in [0.2, 0.25) is 0 Å². The van der Waals surface area contributed by atoms with Gasteiger partial charge in [0, 0.05) is 6.08 Å². The zero-order chi connectivity index (χ0) is 24.2. The van der Waals surface area contributed by atoms with E-state index in [1.807, 2.05) is 19.1 Å². The minimum absolute atomic E-state index is 0.108. The van der Waals surface area contributed by atoms with Gasteiger partial charge in [-0.3, -0.25) is 0 Å². The number of carbonyl (C=O) groups is 1. The lowest BCUT2D eigenvalue weighted by Gasteiger charge is -2.27. The van der Waals surface area contributed by atoms with Crippen LogP contribution in [0.3, 0.4) is 0 Å². The second-order valence-corrected chi connectivity index (χ2v) is 10.5. The third-order valence-corrected chi connectivity index (χ3v) is 5.77.